The van der Waals surface area contributed by atoms with Crippen molar-refractivity contribution in [2.75, 3.05) is 10.7 Å². The summed E-state index contributed by atoms with van der Waals surface area (Å²) in [6, 6.07) is 13.6. The van der Waals surface area contributed by atoms with Crippen LogP contribution in [0.25, 0.3) is 0 Å². The monoisotopic (exact) mass is 411 g/mol. The number of benzene rings is 2. The van der Waals surface area contributed by atoms with Gasteiger partial charge in [0.25, 0.3) is 0 Å². The van der Waals surface area contributed by atoms with E-state index in [1.54, 1.807) is 12.1 Å². The number of amides is 1. The van der Waals surface area contributed by atoms with Crippen LogP contribution in [0.15, 0.2) is 53.7 Å². The van der Waals surface area contributed by atoms with Gasteiger partial charge in [-0.05, 0) is 35.7 Å². The minimum Gasteiger partial charge on any atom is -0.325 e. The van der Waals surface area contributed by atoms with E-state index in [0.717, 1.165) is 29.1 Å². The molecule has 2 unspecified atom stereocenters. The third-order valence-electron chi connectivity index (χ3n) is 4.96. The van der Waals surface area contributed by atoms with Gasteiger partial charge in [-0.1, -0.05) is 55.9 Å². The van der Waals surface area contributed by atoms with E-state index in [4.69, 9.17) is 0 Å². The molecule has 0 saturated carbocycles. The van der Waals surface area contributed by atoms with Crippen molar-refractivity contribution in [2.45, 2.75) is 43.1 Å². The minimum absolute atomic E-state index is 0.134. The lowest BCUT2D eigenvalue weighted by Gasteiger charge is -2.33. The Hall–Kier alpha value is -2.87. The van der Waals surface area contributed by atoms with Gasteiger partial charge in [0.2, 0.25) is 11.1 Å². The summed E-state index contributed by atoms with van der Waals surface area (Å²) < 4.78 is 15.3. The molecule has 1 amide bonds. The average molecular weight is 412 g/mol. The van der Waals surface area contributed by atoms with Crippen LogP contribution in [-0.2, 0) is 17.6 Å². The first-order chi connectivity index (χ1) is 14.1. The highest BCUT2D eigenvalue weighted by atomic mass is 32.2. The molecule has 0 spiro atoms. The van der Waals surface area contributed by atoms with Crippen LogP contribution in [0.5, 0.6) is 0 Å². The van der Waals surface area contributed by atoms with E-state index in [0.29, 0.717) is 11.6 Å². The normalized spacial score (nSPS) is 18.0. The van der Waals surface area contributed by atoms with Gasteiger partial charge in [-0.3, -0.25) is 4.79 Å². The van der Waals surface area contributed by atoms with E-state index in [9.17, 15) is 9.18 Å². The molecule has 0 radical (unpaired) electrons. The fraction of sp³-hybridized carbons (Fsp3) is 0.286. The van der Waals surface area contributed by atoms with Crippen molar-refractivity contribution in [3.05, 3.63) is 71.3 Å². The number of rotatable bonds is 5. The molecule has 1 aliphatic heterocycles. The van der Waals surface area contributed by atoms with E-state index >= 15 is 0 Å². The number of nitrogens with one attached hydrogen (secondary N) is 2. The Morgan fingerprint density at radius 2 is 1.90 bits per heavy atom. The van der Waals surface area contributed by atoms with Crippen LogP contribution in [0.4, 0.5) is 10.1 Å². The highest BCUT2D eigenvalue weighted by Crippen LogP contribution is 2.37. The van der Waals surface area contributed by atoms with E-state index < -0.39 is 5.25 Å². The molecule has 6 nitrogen and oxygen atoms in total. The summed E-state index contributed by atoms with van der Waals surface area (Å²) in [7, 11) is 0. The summed E-state index contributed by atoms with van der Waals surface area (Å²) >= 11 is 1.36. The van der Waals surface area contributed by atoms with Gasteiger partial charge in [0.15, 0.2) is 5.82 Å². The van der Waals surface area contributed by atoms with Crippen molar-refractivity contribution in [3.63, 3.8) is 0 Å². The van der Waals surface area contributed by atoms with Crippen molar-refractivity contribution < 1.29 is 9.18 Å². The maximum absolute atomic E-state index is 13.5. The van der Waals surface area contributed by atoms with Crippen molar-refractivity contribution >= 4 is 23.4 Å². The van der Waals surface area contributed by atoms with Gasteiger partial charge < -0.3 is 10.7 Å². The summed E-state index contributed by atoms with van der Waals surface area (Å²) in [5, 5.41) is 11.6. The second kappa shape index (κ2) is 8.24. The number of hydrogen-bond acceptors (Lipinski definition) is 5. The van der Waals surface area contributed by atoms with E-state index in [1.165, 1.54) is 23.9 Å². The number of aryl methyl sites for hydroxylation is 2. The number of para-hydroxylation sites is 1. The molecule has 1 aliphatic rings. The third kappa shape index (κ3) is 3.85. The second-order valence-corrected chi connectivity index (χ2v) is 7.89. The lowest BCUT2D eigenvalue weighted by atomic mass is 10.0. The molecule has 0 fully saturated rings. The van der Waals surface area contributed by atoms with Gasteiger partial charge in [-0.2, -0.15) is 0 Å². The quantitative estimate of drug-likeness (QED) is 0.665. The predicted octanol–water partition coefficient (Wildman–Crippen LogP) is 3.94. The van der Waals surface area contributed by atoms with Crippen molar-refractivity contribution in [1.82, 2.24) is 14.9 Å². The number of aromatic nitrogens is 3. The molecule has 2 N–H and O–H groups in total. The van der Waals surface area contributed by atoms with E-state index in [-0.39, 0.29) is 17.8 Å². The van der Waals surface area contributed by atoms with Gasteiger partial charge in [0.05, 0.1) is 6.04 Å². The Balaban J connectivity index is 1.68. The SMILES string of the molecule is CCc1ccccc1NC(=O)C1Sc2nnc(CC)n2NC1c1ccc(F)cc1. The van der Waals surface area contributed by atoms with Crippen LogP contribution in [0.1, 0.15) is 36.8 Å². The number of hydrogen-bond donors (Lipinski definition) is 2. The van der Waals surface area contributed by atoms with Crippen LogP contribution in [0.2, 0.25) is 0 Å². The molecule has 150 valence electrons. The molecule has 4 rings (SSSR count). The Morgan fingerprint density at radius 3 is 2.62 bits per heavy atom. The van der Waals surface area contributed by atoms with Gasteiger partial charge in [-0.25, -0.2) is 9.07 Å². The molecule has 8 heteroatoms. The molecule has 2 heterocycles. The maximum Gasteiger partial charge on any atom is 0.240 e. The zero-order chi connectivity index (χ0) is 20.4. The Kier molecular flexibility index (Phi) is 5.53. The Morgan fingerprint density at radius 1 is 1.14 bits per heavy atom. The zero-order valence-electron chi connectivity index (χ0n) is 16.2. The van der Waals surface area contributed by atoms with Crippen LogP contribution in [0, 0.1) is 5.82 Å². The van der Waals surface area contributed by atoms with Gasteiger partial charge >= 0.3 is 0 Å². The topological polar surface area (TPSA) is 71.8 Å². The molecule has 0 bridgehead atoms. The highest BCUT2D eigenvalue weighted by molar-refractivity contribution is 8.00. The summed E-state index contributed by atoms with van der Waals surface area (Å²) in [4.78, 5) is 13.3. The molecule has 2 aromatic carbocycles. The summed E-state index contributed by atoms with van der Waals surface area (Å²) in [5.41, 5.74) is 6.07. The number of carbonyl (C=O) groups excluding carboxylic acids is 1. The fourth-order valence-corrected chi connectivity index (χ4v) is 4.50. The first kappa shape index (κ1) is 19.4. The molecule has 1 aromatic heterocycles. The fourth-order valence-electron chi connectivity index (χ4n) is 3.40. The van der Waals surface area contributed by atoms with Crippen molar-refractivity contribution in [3.8, 4) is 0 Å². The molecule has 0 aliphatic carbocycles. The second-order valence-electron chi connectivity index (χ2n) is 6.78. The van der Waals surface area contributed by atoms with Gasteiger partial charge in [-0.15, -0.1) is 10.2 Å². The van der Waals surface area contributed by atoms with Crippen molar-refractivity contribution in [1.29, 1.82) is 0 Å². The van der Waals surface area contributed by atoms with Crippen LogP contribution >= 0.6 is 11.8 Å². The Labute approximate surface area is 172 Å². The van der Waals surface area contributed by atoms with Crippen LogP contribution in [-0.4, -0.2) is 26.0 Å². The third-order valence-corrected chi connectivity index (χ3v) is 6.18. The van der Waals surface area contributed by atoms with Gasteiger partial charge in [0, 0.05) is 12.1 Å². The van der Waals surface area contributed by atoms with E-state index in [1.807, 2.05) is 35.9 Å². The number of thioether (sulfide) groups is 1. The lowest BCUT2D eigenvalue weighted by Crippen LogP contribution is -2.41. The number of halogens is 1. The standard InChI is InChI=1S/C21H22FN5OS/c1-3-13-7-5-6-8-16(13)23-20(28)19-18(14-9-11-15(22)12-10-14)26-27-17(4-2)24-25-21(27)29-19/h5-12,18-19,26H,3-4H2,1-2H3,(H,23,28). The maximum atomic E-state index is 13.5. The number of carbonyl (C=O) groups is 1. The summed E-state index contributed by atoms with van der Waals surface area (Å²) in [6.07, 6.45) is 1.53. The molecular formula is C21H22FN5OS. The average Bonchev–Trinajstić information content (AvgIpc) is 3.16. The molecule has 3 aromatic rings. The van der Waals surface area contributed by atoms with Crippen LogP contribution < -0.4 is 10.7 Å². The number of nitrogens with zero attached hydrogens (tertiary/aromatic N) is 3. The minimum atomic E-state index is -0.494. The van der Waals surface area contributed by atoms with E-state index in [2.05, 4.69) is 27.9 Å². The number of fused-ring (bicyclic) bond motifs is 1. The molecule has 2 atom stereocenters. The summed E-state index contributed by atoms with van der Waals surface area (Å²) in [6.45, 7) is 4.05. The number of anilines is 1. The lowest BCUT2D eigenvalue weighted by molar-refractivity contribution is -0.116. The smallest absolute Gasteiger partial charge is 0.240 e. The van der Waals surface area contributed by atoms with Crippen molar-refractivity contribution in [2.24, 2.45) is 0 Å². The summed E-state index contributed by atoms with van der Waals surface area (Å²) in [5.74, 6) is 0.342. The Bertz CT molecular complexity index is 1020. The first-order valence-corrected chi connectivity index (χ1v) is 10.5. The molecule has 29 heavy (non-hydrogen) atoms. The van der Waals surface area contributed by atoms with Crippen LogP contribution in [0.3, 0.4) is 0 Å². The predicted molar refractivity (Wildman–Crippen MR) is 112 cm³/mol. The zero-order valence-corrected chi connectivity index (χ0v) is 17.0. The van der Waals surface area contributed by atoms with Gasteiger partial charge in [0.1, 0.15) is 11.1 Å². The first-order valence-electron chi connectivity index (χ1n) is 9.62. The molecule has 0 saturated heterocycles. The largest absolute Gasteiger partial charge is 0.325 e. The highest BCUT2D eigenvalue weighted by Gasteiger charge is 2.37. The molecular weight excluding hydrogens is 389 g/mol.